The van der Waals surface area contributed by atoms with E-state index in [0.717, 1.165) is 16.3 Å². The predicted octanol–water partition coefficient (Wildman–Crippen LogP) is 6.14. The summed E-state index contributed by atoms with van der Waals surface area (Å²) >= 11 is 12.3. The molecule has 3 rings (SSSR count). The van der Waals surface area contributed by atoms with Gasteiger partial charge in [0.15, 0.2) is 0 Å². The Balaban J connectivity index is 2.06. The zero-order chi connectivity index (χ0) is 29.6. The van der Waals surface area contributed by atoms with Crippen LogP contribution in [0.2, 0.25) is 10.0 Å². The zero-order valence-corrected chi connectivity index (χ0v) is 25.6. The maximum absolute atomic E-state index is 14.0. The molecule has 3 aromatic rings. The summed E-state index contributed by atoms with van der Waals surface area (Å²) in [5.74, 6) is -0.885. The van der Waals surface area contributed by atoms with Crippen LogP contribution in [0, 0.1) is 13.8 Å². The molecule has 2 amide bonds. The van der Waals surface area contributed by atoms with Crippen LogP contribution in [-0.2, 0) is 26.2 Å². The normalized spacial score (nSPS) is 12.9. The van der Waals surface area contributed by atoms with Crippen molar-refractivity contribution in [1.82, 2.24) is 10.2 Å². The van der Waals surface area contributed by atoms with Crippen LogP contribution in [0.5, 0.6) is 0 Å². The Bertz CT molecular complexity index is 1470. The molecule has 0 saturated carbocycles. The van der Waals surface area contributed by atoms with Crippen LogP contribution in [0.3, 0.4) is 0 Å². The third-order valence-electron chi connectivity index (χ3n) is 6.74. The molecule has 0 unspecified atom stereocenters. The van der Waals surface area contributed by atoms with E-state index in [0.29, 0.717) is 26.9 Å². The largest absolute Gasteiger partial charge is 0.352 e. The Morgan fingerprint density at radius 1 is 0.925 bits per heavy atom. The Kier molecular flexibility index (Phi) is 10.6. The summed E-state index contributed by atoms with van der Waals surface area (Å²) in [6.07, 6.45) is 0.717. The number of anilines is 1. The molecule has 0 aliphatic heterocycles. The first-order valence-electron chi connectivity index (χ1n) is 13.0. The van der Waals surface area contributed by atoms with E-state index in [2.05, 4.69) is 5.32 Å². The molecule has 214 valence electrons. The van der Waals surface area contributed by atoms with Crippen molar-refractivity contribution >= 4 is 50.7 Å². The van der Waals surface area contributed by atoms with Gasteiger partial charge in [0.25, 0.3) is 10.0 Å². The monoisotopic (exact) mass is 603 g/mol. The first kappa shape index (κ1) is 31.5. The van der Waals surface area contributed by atoms with Gasteiger partial charge in [-0.3, -0.25) is 13.9 Å². The van der Waals surface area contributed by atoms with Gasteiger partial charge in [0.2, 0.25) is 11.8 Å². The van der Waals surface area contributed by atoms with Crippen LogP contribution in [-0.4, -0.2) is 43.8 Å². The summed E-state index contributed by atoms with van der Waals surface area (Å²) in [6.45, 7) is 8.68. The molecule has 0 radical (unpaired) electrons. The lowest BCUT2D eigenvalue weighted by Gasteiger charge is -2.33. The number of aryl methyl sites for hydroxylation is 2. The molecule has 0 aliphatic carbocycles. The van der Waals surface area contributed by atoms with Crippen LogP contribution in [0.1, 0.15) is 43.9 Å². The first-order valence-corrected chi connectivity index (χ1v) is 15.2. The first-order chi connectivity index (χ1) is 18.8. The molecule has 0 bridgehead atoms. The van der Waals surface area contributed by atoms with Gasteiger partial charge < -0.3 is 10.2 Å². The fourth-order valence-corrected chi connectivity index (χ4v) is 6.02. The van der Waals surface area contributed by atoms with Gasteiger partial charge in [0.05, 0.1) is 20.6 Å². The van der Waals surface area contributed by atoms with Crippen molar-refractivity contribution in [1.29, 1.82) is 0 Å². The quantitative estimate of drug-likeness (QED) is 0.285. The lowest BCUT2D eigenvalue weighted by molar-refractivity contribution is -0.139. The minimum absolute atomic E-state index is 0.0247. The maximum atomic E-state index is 14.0. The number of hydrogen-bond acceptors (Lipinski definition) is 4. The molecule has 0 spiro atoms. The molecule has 0 saturated heterocycles. The number of nitrogens with one attached hydrogen (secondary N) is 1. The molecule has 0 heterocycles. The minimum Gasteiger partial charge on any atom is -0.352 e. The van der Waals surface area contributed by atoms with E-state index in [1.807, 2.05) is 26.8 Å². The van der Waals surface area contributed by atoms with Crippen LogP contribution in [0.4, 0.5) is 5.69 Å². The third kappa shape index (κ3) is 7.56. The second-order valence-electron chi connectivity index (χ2n) is 9.88. The van der Waals surface area contributed by atoms with E-state index in [-0.39, 0.29) is 23.4 Å². The van der Waals surface area contributed by atoms with Crippen molar-refractivity contribution in [2.45, 2.75) is 64.6 Å². The fraction of sp³-hybridized carbons (Fsp3) is 0.333. The zero-order valence-electron chi connectivity index (χ0n) is 23.3. The Morgan fingerprint density at radius 2 is 1.60 bits per heavy atom. The van der Waals surface area contributed by atoms with E-state index in [1.165, 1.54) is 17.0 Å². The number of rotatable bonds is 11. The van der Waals surface area contributed by atoms with Crippen molar-refractivity contribution in [2.24, 2.45) is 0 Å². The number of sulfonamides is 1. The predicted molar refractivity (Wildman–Crippen MR) is 161 cm³/mol. The minimum atomic E-state index is -4.13. The van der Waals surface area contributed by atoms with Crippen LogP contribution in [0.15, 0.2) is 71.6 Å². The topological polar surface area (TPSA) is 86.8 Å². The van der Waals surface area contributed by atoms with Crippen LogP contribution in [0.25, 0.3) is 0 Å². The highest BCUT2D eigenvalue weighted by Crippen LogP contribution is 2.29. The van der Waals surface area contributed by atoms with Gasteiger partial charge in [-0.15, -0.1) is 0 Å². The SMILES string of the molecule is CC[C@H](C)NC(=O)[C@H](C)N(Cc1ccc(Cl)c(Cl)c1)C(=O)CN(c1ccc(C)cc1C)S(=O)(=O)c1ccccc1. The summed E-state index contributed by atoms with van der Waals surface area (Å²) in [6, 6.07) is 17.3. The van der Waals surface area contributed by atoms with Gasteiger partial charge in [0, 0.05) is 12.6 Å². The third-order valence-corrected chi connectivity index (χ3v) is 9.25. The van der Waals surface area contributed by atoms with Crippen LogP contribution < -0.4 is 9.62 Å². The maximum Gasteiger partial charge on any atom is 0.264 e. The molecule has 1 N–H and O–H groups in total. The van der Waals surface area contributed by atoms with Gasteiger partial charge in [-0.05, 0) is 75.6 Å². The second kappa shape index (κ2) is 13.5. The highest BCUT2D eigenvalue weighted by atomic mass is 35.5. The van der Waals surface area contributed by atoms with Crippen LogP contribution >= 0.6 is 23.2 Å². The highest BCUT2D eigenvalue weighted by Gasteiger charge is 2.33. The number of benzene rings is 3. The molecule has 10 heteroatoms. The molecule has 40 heavy (non-hydrogen) atoms. The molecular formula is C30H35Cl2N3O4S. The van der Waals surface area contributed by atoms with Gasteiger partial charge in [0.1, 0.15) is 12.6 Å². The van der Waals surface area contributed by atoms with Crippen molar-refractivity contribution in [3.63, 3.8) is 0 Å². The molecule has 7 nitrogen and oxygen atoms in total. The number of carbonyl (C=O) groups is 2. The van der Waals surface area contributed by atoms with Gasteiger partial charge in [-0.25, -0.2) is 8.42 Å². The van der Waals surface area contributed by atoms with E-state index in [1.54, 1.807) is 62.4 Å². The standard InChI is InChI=1S/C30H35Cl2N3O4S/c1-6-22(4)33-30(37)23(5)34(18-24-13-14-26(31)27(32)17-24)29(36)19-35(28-15-12-20(2)16-21(28)3)40(38,39)25-10-8-7-9-11-25/h7-17,22-23H,6,18-19H2,1-5H3,(H,33,37)/t22-,23-/m0/s1. The molecule has 3 aromatic carbocycles. The number of hydrogen-bond donors (Lipinski definition) is 1. The van der Waals surface area contributed by atoms with Crippen molar-refractivity contribution in [2.75, 3.05) is 10.8 Å². The average Bonchev–Trinajstić information content (AvgIpc) is 2.92. The van der Waals surface area contributed by atoms with Crippen molar-refractivity contribution in [3.8, 4) is 0 Å². The van der Waals surface area contributed by atoms with Gasteiger partial charge in [-0.1, -0.05) is 72.1 Å². The van der Waals surface area contributed by atoms with E-state index >= 15 is 0 Å². The summed E-state index contributed by atoms with van der Waals surface area (Å²) in [5, 5.41) is 3.59. The van der Waals surface area contributed by atoms with Gasteiger partial charge >= 0.3 is 0 Å². The van der Waals surface area contributed by atoms with E-state index in [4.69, 9.17) is 23.2 Å². The smallest absolute Gasteiger partial charge is 0.264 e. The van der Waals surface area contributed by atoms with E-state index < -0.39 is 28.5 Å². The second-order valence-corrected chi connectivity index (χ2v) is 12.6. The summed E-state index contributed by atoms with van der Waals surface area (Å²) in [4.78, 5) is 28.6. The lowest BCUT2D eigenvalue weighted by atomic mass is 10.1. The average molecular weight is 605 g/mol. The summed E-state index contributed by atoms with van der Waals surface area (Å²) in [7, 11) is -4.13. The number of halogens is 2. The molecule has 0 fully saturated rings. The highest BCUT2D eigenvalue weighted by molar-refractivity contribution is 7.92. The van der Waals surface area contributed by atoms with Gasteiger partial charge in [-0.2, -0.15) is 0 Å². The Morgan fingerprint density at radius 3 is 2.20 bits per heavy atom. The van der Waals surface area contributed by atoms with E-state index in [9.17, 15) is 18.0 Å². The molecule has 2 atom stereocenters. The number of amides is 2. The summed E-state index contributed by atoms with van der Waals surface area (Å²) in [5.41, 5.74) is 2.69. The van der Waals surface area contributed by atoms with Crippen molar-refractivity contribution < 1.29 is 18.0 Å². The Labute approximate surface area is 247 Å². The fourth-order valence-electron chi connectivity index (χ4n) is 4.20. The molecule has 0 aromatic heterocycles. The number of carbonyl (C=O) groups excluding carboxylic acids is 2. The Hall–Kier alpha value is -3.07. The molecular weight excluding hydrogens is 569 g/mol. The lowest BCUT2D eigenvalue weighted by Crippen LogP contribution is -2.52. The molecule has 0 aliphatic rings. The summed E-state index contributed by atoms with van der Waals surface area (Å²) < 4.78 is 28.9. The number of nitrogens with zero attached hydrogens (tertiary/aromatic N) is 2. The van der Waals surface area contributed by atoms with Crippen molar-refractivity contribution in [3.05, 3.63) is 93.5 Å².